The number of hydrogen-bond acceptors (Lipinski definition) is 5. The van der Waals surface area contributed by atoms with E-state index in [1.54, 1.807) is 0 Å². The zero-order valence-electron chi connectivity index (χ0n) is 7.95. The summed E-state index contributed by atoms with van der Waals surface area (Å²) in [6.07, 6.45) is 0. The molecule has 0 aliphatic carbocycles. The third-order valence-corrected chi connectivity index (χ3v) is 1.76. The van der Waals surface area contributed by atoms with Crippen LogP contribution < -0.4 is 4.74 Å². The van der Waals surface area contributed by atoms with E-state index in [1.165, 1.54) is 4.68 Å². The first-order valence-corrected chi connectivity index (χ1v) is 4.49. The molecule has 6 nitrogen and oxygen atoms in total. The summed E-state index contributed by atoms with van der Waals surface area (Å²) in [5.74, 6) is 0. The predicted molar refractivity (Wildman–Crippen MR) is 51.7 cm³/mol. The Balaban J connectivity index is 2.25. The average Bonchev–Trinajstić information content (AvgIpc) is 2.75. The first kappa shape index (κ1) is 9.60. The first-order chi connectivity index (χ1) is 7.42. The highest BCUT2D eigenvalue weighted by Crippen LogP contribution is 2.11. The number of aliphatic hydroxyl groups is 1. The standard InChI is InChI=1S/C9H10N4O2/c14-6-7-15-9-10-11-12-13(9)8-4-2-1-3-5-8/h1-5,14H,6-7H2. The monoisotopic (exact) mass is 206 g/mol. The predicted octanol–water partition coefficient (Wildman–Crippen LogP) is 0.0334. The topological polar surface area (TPSA) is 73.1 Å². The quantitative estimate of drug-likeness (QED) is 0.764. The zero-order valence-corrected chi connectivity index (χ0v) is 7.95. The van der Waals surface area contributed by atoms with Gasteiger partial charge < -0.3 is 9.84 Å². The molecule has 1 N–H and O–H groups in total. The molecule has 0 saturated carbocycles. The van der Waals surface area contributed by atoms with Crippen molar-refractivity contribution >= 4 is 0 Å². The van der Waals surface area contributed by atoms with Crippen LogP contribution in [0.25, 0.3) is 5.69 Å². The van der Waals surface area contributed by atoms with E-state index in [1.807, 2.05) is 30.3 Å². The summed E-state index contributed by atoms with van der Waals surface area (Å²) < 4.78 is 6.63. The molecule has 0 atom stereocenters. The maximum absolute atomic E-state index is 8.62. The van der Waals surface area contributed by atoms with E-state index in [0.717, 1.165) is 5.69 Å². The van der Waals surface area contributed by atoms with Crippen molar-refractivity contribution in [2.75, 3.05) is 13.2 Å². The summed E-state index contributed by atoms with van der Waals surface area (Å²) in [5.41, 5.74) is 0.815. The molecule has 0 aliphatic heterocycles. The fourth-order valence-electron chi connectivity index (χ4n) is 1.14. The molecule has 0 fully saturated rings. The second kappa shape index (κ2) is 4.52. The number of aliphatic hydroxyl groups excluding tert-OH is 1. The lowest BCUT2D eigenvalue weighted by Gasteiger charge is -2.04. The Bertz CT molecular complexity index is 415. The van der Waals surface area contributed by atoms with Crippen molar-refractivity contribution < 1.29 is 9.84 Å². The van der Waals surface area contributed by atoms with Crippen molar-refractivity contribution in [3.05, 3.63) is 30.3 Å². The molecule has 0 amide bonds. The third-order valence-electron chi connectivity index (χ3n) is 1.76. The number of nitrogens with zero attached hydrogens (tertiary/aromatic N) is 4. The molecule has 0 spiro atoms. The van der Waals surface area contributed by atoms with Crippen LogP contribution >= 0.6 is 0 Å². The van der Waals surface area contributed by atoms with Gasteiger partial charge in [-0.05, 0) is 22.6 Å². The van der Waals surface area contributed by atoms with Crippen LogP contribution in [0, 0.1) is 0 Å². The van der Waals surface area contributed by atoms with Crippen LogP contribution in [-0.2, 0) is 0 Å². The molecular weight excluding hydrogens is 196 g/mol. The fraction of sp³-hybridized carbons (Fsp3) is 0.222. The van der Waals surface area contributed by atoms with E-state index >= 15 is 0 Å². The summed E-state index contributed by atoms with van der Waals surface area (Å²) in [5, 5.41) is 19.6. The number of ether oxygens (including phenoxy) is 1. The average molecular weight is 206 g/mol. The number of para-hydroxylation sites is 1. The number of rotatable bonds is 4. The maximum Gasteiger partial charge on any atom is 0.340 e. The van der Waals surface area contributed by atoms with Gasteiger partial charge in [0.15, 0.2) is 0 Å². The van der Waals surface area contributed by atoms with Gasteiger partial charge in [-0.3, -0.25) is 0 Å². The highest BCUT2D eigenvalue weighted by Gasteiger charge is 2.07. The Kier molecular flexibility index (Phi) is 2.89. The maximum atomic E-state index is 8.62. The molecule has 0 aliphatic rings. The van der Waals surface area contributed by atoms with E-state index in [-0.39, 0.29) is 19.2 Å². The lowest BCUT2D eigenvalue weighted by atomic mass is 10.3. The molecule has 78 valence electrons. The molecule has 0 bridgehead atoms. The minimum absolute atomic E-state index is 0.0678. The summed E-state index contributed by atoms with van der Waals surface area (Å²) in [6, 6.07) is 9.67. The van der Waals surface area contributed by atoms with Crippen LogP contribution in [0.1, 0.15) is 0 Å². The van der Waals surface area contributed by atoms with Crippen LogP contribution in [0.5, 0.6) is 6.01 Å². The Morgan fingerprint density at radius 1 is 1.27 bits per heavy atom. The van der Waals surface area contributed by atoms with E-state index in [0.29, 0.717) is 0 Å². The summed E-state index contributed by atoms with van der Waals surface area (Å²) in [7, 11) is 0. The second-order valence-electron chi connectivity index (χ2n) is 2.78. The van der Waals surface area contributed by atoms with E-state index < -0.39 is 0 Å². The van der Waals surface area contributed by atoms with Crippen molar-refractivity contribution in [3.8, 4) is 11.7 Å². The van der Waals surface area contributed by atoms with E-state index in [4.69, 9.17) is 9.84 Å². The second-order valence-corrected chi connectivity index (χ2v) is 2.78. The SMILES string of the molecule is OCCOc1nnnn1-c1ccccc1. The summed E-state index contributed by atoms with van der Waals surface area (Å²) in [6.45, 7) is 0.106. The van der Waals surface area contributed by atoms with Gasteiger partial charge >= 0.3 is 6.01 Å². The van der Waals surface area contributed by atoms with Crippen molar-refractivity contribution in [2.45, 2.75) is 0 Å². The number of tetrazole rings is 1. The molecule has 15 heavy (non-hydrogen) atoms. The van der Waals surface area contributed by atoms with Crippen molar-refractivity contribution in [1.29, 1.82) is 0 Å². The van der Waals surface area contributed by atoms with E-state index in [2.05, 4.69) is 15.5 Å². The molecule has 0 saturated heterocycles. The molecule has 1 heterocycles. The largest absolute Gasteiger partial charge is 0.460 e. The molecule has 1 aromatic heterocycles. The van der Waals surface area contributed by atoms with Gasteiger partial charge in [0.2, 0.25) is 0 Å². The minimum Gasteiger partial charge on any atom is -0.460 e. The van der Waals surface area contributed by atoms with Gasteiger partial charge in [-0.25, -0.2) is 0 Å². The van der Waals surface area contributed by atoms with Gasteiger partial charge in [-0.1, -0.05) is 23.3 Å². The Hall–Kier alpha value is -1.95. The fourth-order valence-corrected chi connectivity index (χ4v) is 1.14. The van der Waals surface area contributed by atoms with Gasteiger partial charge in [0.05, 0.1) is 12.3 Å². The molecule has 0 unspecified atom stereocenters. The normalized spacial score (nSPS) is 10.2. The van der Waals surface area contributed by atoms with Crippen LogP contribution in [0.3, 0.4) is 0 Å². The number of hydrogen-bond donors (Lipinski definition) is 1. The van der Waals surface area contributed by atoms with Crippen molar-refractivity contribution in [2.24, 2.45) is 0 Å². The van der Waals surface area contributed by atoms with Crippen molar-refractivity contribution in [1.82, 2.24) is 20.2 Å². The molecule has 2 aromatic rings. The molecule has 0 radical (unpaired) electrons. The van der Waals surface area contributed by atoms with Gasteiger partial charge in [0.1, 0.15) is 6.61 Å². The smallest absolute Gasteiger partial charge is 0.340 e. The van der Waals surface area contributed by atoms with Gasteiger partial charge in [-0.15, -0.1) is 0 Å². The Labute approximate surface area is 86.1 Å². The molecule has 1 aromatic carbocycles. The van der Waals surface area contributed by atoms with Gasteiger partial charge in [0, 0.05) is 0 Å². The summed E-state index contributed by atoms with van der Waals surface area (Å²) in [4.78, 5) is 0. The number of aromatic nitrogens is 4. The molecule has 2 rings (SSSR count). The summed E-state index contributed by atoms with van der Waals surface area (Å²) >= 11 is 0. The highest BCUT2D eigenvalue weighted by molar-refractivity contribution is 5.31. The lowest BCUT2D eigenvalue weighted by Crippen LogP contribution is -2.07. The van der Waals surface area contributed by atoms with Crippen molar-refractivity contribution in [3.63, 3.8) is 0 Å². The van der Waals surface area contributed by atoms with Crippen LogP contribution in [0.4, 0.5) is 0 Å². The van der Waals surface area contributed by atoms with Crippen LogP contribution in [0.15, 0.2) is 30.3 Å². The lowest BCUT2D eigenvalue weighted by molar-refractivity contribution is 0.188. The minimum atomic E-state index is -0.0678. The molecular formula is C9H10N4O2. The Morgan fingerprint density at radius 3 is 2.80 bits per heavy atom. The van der Waals surface area contributed by atoms with Gasteiger partial charge in [0.25, 0.3) is 0 Å². The molecule has 6 heteroatoms. The number of benzene rings is 1. The first-order valence-electron chi connectivity index (χ1n) is 4.49. The zero-order chi connectivity index (χ0) is 10.5. The van der Waals surface area contributed by atoms with Crippen LogP contribution in [-0.4, -0.2) is 38.5 Å². The highest BCUT2D eigenvalue weighted by atomic mass is 16.5. The third kappa shape index (κ3) is 2.10. The van der Waals surface area contributed by atoms with Crippen LogP contribution in [0.2, 0.25) is 0 Å². The van der Waals surface area contributed by atoms with Gasteiger partial charge in [-0.2, -0.15) is 4.68 Å². The Morgan fingerprint density at radius 2 is 2.07 bits per heavy atom. The van der Waals surface area contributed by atoms with E-state index in [9.17, 15) is 0 Å².